The van der Waals surface area contributed by atoms with Gasteiger partial charge >= 0.3 is 0 Å². The van der Waals surface area contributed by atoms with Gasteiger partial charge in [-0.2, -0.15) is 0 Å². The fourth-order valence-corrected chi connectivity index (χ4v) is 3.38. The summed E-state index contributed by atoms with van der Waals surface area (Å²) in [6.45, 7) is 0. The Morgan fingerprint density at radius 3 is 1.28 bits per heavy atom. The van der Waals surface area contributed by atoms with Crippen molar-refractivity contribution >= 4 is 21.8 Å². The van der Waals surface area contributed by atoms with E-state index in [0.29, 0.717) is 0 Å². The molecule has 1 N–H and O–H groups in total. The number of hydrogen-bond acceptors (Lipinski definition) is 0. The Hall–Kier alpha value is -4.20. The third-order valence-electron chi connectivity index (χ3n) is 4.85. The van der Waals surface area contributed by atoms with Crippen molar-refractivity contribution in [3.05, 3.63) is 119 Å². The molecule has 0 radical (unpaired) electrons. The zero-order chi connectivity index (χ0) is 19.5. The number of aromatic nitrogens is 1. The third kappa shape index (κ3) is 3.63. The second kappa shape index (κ2) is 7.43. The molecule has 0 atom stereocenters. The van der Waals surface area contributed by atoms with Crippen molar-refractivity contribution in [1.29, 1.82) is 0 Å². The monoisotopic (exact) mass is 367 g/mol. The van der Waals surface area contributed by atoms with Crippen LogP contribution in [-0.2, 0) is 0 Å². The first kappa shape index (κ1) is 16.9. The molecule has 1 aromatic heterocycles. The maximum atomic E-state index is 3.48. The van der Waals surface area contributed by atoms with Gasteiger partial charge in [0.25, 0.3) is 0 Å². The second-order valence-electron chi connectivity index (χ2n) is 6.88. The molecule has 0 saturated heterocycles. The van der Waals surface area contributed by atoms with E-state index >= 15 is 0 Å². The van der Waals surface area contributed by atoms with Crippen LogP contribution in [0.1, 0.15) is 22.3 Å². The molecule has 0 spiro atoms. The van der Waals surface area contributed by atoms with Gasteiger partial charge in [0.2, 0.25) is 0 Å². The van der Waals surface area contributed by atoms with Gasteiger partial charge in [-0.3, -0.25) is 0 Å². The molecule has 1 heterocycles. The van der Waals surface area contributed by atoms with Crippen LogP contribution in [0.5, 0.6) is 0 Å². The molecule has 134 valence electrons. The van der Waals surface area contributed by atoms with E-state index in [1.165, 1.54) is 10.8 Å². The molecule has 4 aromatic carbocycles. The molecule has 0 bridgehead atoms. The first-order valence-corrected chi connectivity index (χ1v) is 9.55. The predicted octanol–water partition coefficient (Wildman–Crippen LogP) is 6.12. The molecule has 5 rings (SSSR count). The van der Waals surface area contributed by atoms with Crippen LogP contribution < -0.4 is 0 Å². The zero-order valence-electron chi connectivity index (χ0n) is 15.7. The SMILES string of the molecule is C(#Cc1ccc2[nH]c3ccc(C#Cc4ccccc4)cc3c2c1)c1ccccc1. The van der Waals surface area contributed by atoms with E-state index < -0.39 is 0 Å². The molecule has 0 unspecified atom stereocenters. The minimum Gasteiger partial charge on any atom is -0.355 e. The lowest BCUT2D eigenvalue weighted by Crippen LogP contribution is -1.77. The van der Waals surface area contributed by atoms with Crippen LogP contribution in [0.4, 0.5) is 0 Å². The summed E-state index contributed by atoms with van der Waals surface area (Å²) in [7, 11) is 0. The van der Waals surface area contributed by atoms with E-state index in [1.807, 2.05) is 60.7 Å². The smallest absolute Gasteiger partial charge is 0.0465 e. The number of aromatic amines is 1. The molecule has 0 amide bonds. The molecular formula is C28H17N. The molecule has 0 saturated carbocycles. The number of benzene rings is 4. The first-order chi connectivity index (χ1) is 14.3. The van der Waals surface area contributed by atoms with Crippen LogP contribution in [0.15, 0.2) is 97.1 Å². The summed E-state index contributed by atoms with van der Waals surface area (Å²) in [5, 5.41) is 2.34. The second-order valence-corrected chi connectivity index (χ2v) is 6.88. The van der Waals surface area contributed by atoms with Gasteiger partial charge in [-0.25, -0.2) is 0 Å². The topological polar surface area (TPSA) is 15.8 Å². The van der Waals surface area contributed by atoms with E-state index in [2.05, 4.69) is 65.1 Å². The Bertz CT molecular complexity index is 1320. The molecule has 0 aliphatic carbocycles. The Morgan fingerprint density at radius 2 is 0.828 bits per heavy atom. The average Bonchev–Trinajstić information content (AvgIpc) is 3.15. The number of nitrogens with one attached hydrogen (secondary N) is 1. The first-order valence-electron chi connectivity index (χ1n) is 9.55. The van der Waals surface area contributed by atoms with Crippen LogP contribution in [0.25, 0.3) is 21.8 Å². The predicted molar refractivity (Wildman–Crippen MR) is 121 cm³/mol. The van der Waals surface area contributed by atoms with Crippen LogP contribution in [0, 0.1) is 23.7 Å². The minimum absolute atomic E-state index is 1.00. The standard InChI is InChI=1S/C28H17N/c1-3-7-21(8-4-1)11-13-23-15-17-27-25(19-23)26-20-24(16-18-28(26)29-27)14-12-22-9-5-2-6-10-22/h1-10,15-20,29H. The van der Waals surface area contributed by atoms with E-state index in [1.54, 1.807) is 0 Å². The highest BCUT2D eigenvalue weighted by molar-refractivity contribution is 6.08. The van der Waals surface area contributed by atoms with Crippen LogP contribution >= 0.6 is 0 Å². The maximum absolute atomic E-state index is 3.48. The van der Waals surface area contributed by atoms with Gasteiger partial charge in [0.1, 0.15) is 0 Å². The van der Waals surface area contributed by atoms with Crippen LogP contribution in [0.3, 0.4) is 0 Å². The lowest BCUT2D eigenvalue weighted by molar-refractivity contribution is 1.54. The molecule has 0 aliphatic rings. The van der Waals surface area contributed by atoms with E-state index in [0.717, 1.165) is 33.3 Å². The largest absolute Gasteiger partial charge is 0.355 e. The fraction of sp³-hybridized carbons (Fsp3) is 0. The number of hydrogen-bond donors (Lipinski definition) is 1. The zero-order valence-corrected chi connectivity index (χ0v) is 15.7. The van der Waals surface area contributed by atoms with Gasteiger partial charge in [0, 0.05) is 44.1 Å². The Morgan fingerprint density at radius 1 is 0.414 bits per heavy atom. The van der Waals surface area contributed by atoms with Crippen molar-refractivity contribution in [3.8, 4) is 23.7 Å². The van der Waals surface area contributed by atoms with E-state index in [-0.39, 0.29) is 0 Å². The summed E-state index contributed by atoms with van der Waals surface area (Å²) >= 11 is 0. The molecule has 0 aliphatic heterocycles. The maximum Gasteiger partial charge on any atom is 0.0465 e. The lowest BCUT2D eigenvalue weighted by Gasteiger charge is -1.95. The van der Waals surface area contributed by atoms with Crippen molar-refractivity contribution in [1.82, 2.24) is 4.98 Å². The summed E-state index contributed by atoms with van der Waals surface area (Å²) in [5.74, 6) is 13.0. The molecular weight excluding hydrogens is 350 g/mol. The van der Waals surface area contributed by atoms with Crippen molar-refractivity contribution in [2.75, 3.05) is 0 Å². The highest BCUT2D eigenvalue weighted by Crippen LogP contribution is 2.27. The van der Waals surface area contributed by atoms with Gasteiger partial charge in [0.05, 0.1) is 0 Å². The van der Waals surface area contributed by atoms with Crippen LogP contribution in [0.2, 0.25) is 0 Å². The summed E-state index contributed by atoms with van der Waals surface area (Å²) in [4.78, 5) is 3.48. The van der Waals surface area contributed by atoms with Crippen molar-refractivity contribution in [2.24, 2.45) is 0 Å². The number of fused-ring (bicyclic) bond motifs is 3. The summed E-state index contributed by atoms with van der Waals surface area (Å²) in [6, 6.07) is 32.7. The van der Waals surface area contributed by atoms with Gasteiger partial charge in [-0.15, -0.1) is 0 Å². The fourth-order valence-electron chi connectivity index (χ4n) is 3.38. The number of rotatable bonds is 0. The third-order valence-corrected chi connectivity index (χ3v) is 4.85. The number of H-pyrrole nitrogens is 1. The van der Waals surface area contributed by atoms with Gasteiger partial charge in [-0.1, -0.05) is 60.1 Å². The van der Waals surface area contributed by atoms with Crippen LogP contribution in [-0.4, -0.2) is 4.98 Å². The molecule has 1 nitrogen and oxygen atoms in total. The Balaban J connectivity index is 1.55. The normalized spacial score (nSPS) is 10.2. The Labute approximate surface area is 170 Å². The van der Waals surface area contributed by atoms with Crippen molar-refractivity contribution in [3.63, 3.8) is 0 Å². The quantitative estimate of drug-likeness (QED) is 0.317. The molecule has 5 aromatic rings. The van der Waals surface area contributed by atoms with Crippen molar-refractivity contribution in [2.45, 2.75) is 0 Å². The van der Waals surface area contributed by atoms with Gasteiger partial charge in [-0.05, 0) is 60.7 Å². The highest BCUT2D eigenvalue weighted by Gasteiger charge is 2.05. The van der Waals surface area contributed by atoms with Gasteiger partial charge in [0.15, 0.2) is 0 Å². The molecule has 0 fully saturated rings. The minimum atomic E-state index is 1.00. The summed E-state index contributed by atoms with van der Waals surface area (Å²) in [6.07, 6.45) is 0. The van der Waals surface area contributed by atoms with Crippen molar-refractivity contribution < 1.29 is 0 Å². The summed E-state index contributed by atoms with van der Waals surface area (Å²) < 4.78 is 0. The van der Waals surface area contributed by atoms with Gasteiger partial charge < -0.3 is 4.98 Å². The van der Waals surface area contributed by atoms with E-state index in [9.17, 15) is 0 Å². The molecule has 29 heavy (non-hydrogen) atoms. The Kier molecular flexibility index (Phi) is 4.34. The molecule has 1 heteroatoms. The lowest BCUT2D eigenvalue weighted by atomic mass is 10.1. The summed E-state index contributed by atoms with van der Waals surface area (Å²) in [5.41, 5.74) is 6.26. The highest BCUT2D eigenvalue weighted by atomic mass is 14.7. The average molecular weight is 367 g/mol. The van der Waals surface area contributed by atoms with E-state index in [4.69, 9.17) is 0 Å².